The Labute approximate surface area is 175 Å². The van der Waals surface area contributed by atoms with Crippen LogP contribution in [0.4, 0.5) is 28.4 Å². The molecule has 148 valence electrons. The van der Waals surface area contributed by atoms with Crippen molar-refractivity contribution in [2.24, 2.45) is 10.2 Å². The van der Waals surface area contributed by atoms with Gasteiger partial charge < -0.3 is 16.0 Å². The molecule has 3 aromatic rings. The summed E-state index contributed by atoms with van der Waals surface area (Å²) in [6, 6.07) is 21.8. The van der Waals surface area contributed by atoms with Gasteiger partial charge in [0.25, 0.3) is 5.91 Å². The number of rotatable bonds is 6. The highest BCUT2D eigenvalue weighted by Gasteiger charge is 2.08. The van der Waals surface area contributed by atoms with E-state index in [-0.39, 0.29) is 11.3 Å². The van der Waals surface area contributed by atoms with Crippen LogP contribution in [0.2, 0.25) is 0 Å². The second-order valence-corrected chi connectivity index (χ2v) is 7.29. The highest BCUT2D eigenvalue weighted by atomic mass is 32.1. The summed E-state index contributed by atoms with van der Waals surface area (Å²) in [6.45, 7) is 2.01. The van der Waals surface area contributed by atoms with Crippen molar-refractivity contribution in [3.05, 3.63) is 78.4 Å². The van der Waals surface area contributed by atoms with Crippen LogP contribution in [0.25, 0.3) is 0 Å². The van der Waals surface area contributed by atoms with Gasteiger partial charge in [-0.1, -0.05) is 12.1 Å². The van der Waals surface area contributed by atoms with Gasteiger partial charge in [0, 0.05) is 18.3 Å². The van der Waals surface area contributed by atoms with Crippen LogP contribution in [0.1, 0.15) is 17.3 Å². The van der Waals surface area contributed by atoms with Crippen LogP contribution in [0.3, 0.4) is 0 Å². The van der Waals surface area contributed by atoms with Gasteiger partial charge in [0.2, 0.25) is 0 Å². The van der Waals surface area contributed by atoms with Crippen LogP contribution in [0, 0.1) is 0 Å². The first kappa shape index (κ1) is 20.4. The maximum atomic E-state index is 12.4. The Kier molecular flexibility index (Phi) is 6.51. The third-order valence-electron chi connectivity index (χ3n) is 4.44. The molecule has 0 radical (unpaired) electrons. The van der Waals surface area contributed by atoms with Crippen molar-refractivity contribution in [3.8, 4) is 0 Å². The Morgan fingerprint density at radius 2 is 1.52 bits per heavy atom. The number of azo groups is 1. The summed E-state index contributed by atoms with van der Waals surface area (Å²) in [5, 5.41) is 11.4. The number of nitrogens with zero attached hydrogens (tertiary/aromatic N) is 3. The van der Waals surface area contributed by atoms with Crippen molar-refractivity contribution in [2.75, 3.05) is 23.0 Å². The van der Waals surface area contributed by atoms with E-state index >= 15 is 0 Å². The number of para-hydroxylation sites is 2. The van der Waals surface area contributed by atoms with Crippen molar-refractivity contribution < 1.29 is 4.79 Å². The highest BCUT2D eigenvalue weighted by molar-refractivity contribution is 7.81. The summed E-state index contributed by atoms with van der Waals surface area (Å²) >= 11 is 4.42. The van der Waals surface area contributed by atoms with Crippen LogP contribution >= 0.6 is 12.6 Å². The predicted octanol–water partition coefficient (Wildman–Crippen LogP) is 5.65. The molecule has 6 nitrogen and oxygen atoms in total. The molecule has 3 aromatic carbocycles. The number of hydrogen-bond acceptors (Lipinski definition) is 6. The average Bonchev–Trinajstić information content (AvgIpc) is 2.74. The molecular weight excluding hydrogens is 382 g/mol. The van der Waals surface area contributed by atoms with E-state index in [2.05, 4.69) is 33.1 Å². The average molecular weight is 406 g/mol. The number of carbonyl (C=O) groups excluding carboxylic acids is 1. The molecule has 0 aliphatic carbocycles. The Bertz CT molecular complexity index is 1000. The monoisotopic (exact) mass is 405 g/mol. The molecule has 0 bridgehead atoms. The lowest BCUT2D eigenvalue weighted by Crippen LogP contribution is -2.23. The first-order chi connectivity index (χ1) is 13.9. The van der Waals surface area contributed by atoms with E-state index in [0.717, 1.165) is 11.4 Å². The second kappa shape index (κ2) is 9.25. The number of thiol groups is 1. The molecule has 0 spiro atoms. The molecule has 1 amide bonds. The number of nitrogens with one attached hydrogen (secondary N) is 1. The van der Waals surface area contributed by atoms with Gasteiger partial charge >= 0.3 is 0 Å². The van der Waals surface area contributed by atoms with Crippen molar-refractivity contribution in [3.63, 3.8) is 0 Å². The standard InChI is InChI=1S/C22H23N5OS/c1-15(29)27(2)19-13-11-18(12-14-19)26-25-17-9-7-16(8-10-17)22(28)24-21-6-4-3-5-20(21)23/h3-15,29H,23H2,1-2H3,(H,24,28)/b26-25+. The summed E-state index contributed by atoms with van der Waals surface area (Å²) in [5.74, 6) is -0.232. The van der Waals surface area contributed by atoms with Crippen molar-refractivity contribution in [1.29, 1.82) is 0 Å². The van der Waals surface area contributed by atoms with Gasteiger partial charge in [-0.2, -0.15) is 22.9 Å². The first-order valence-corrected chi connectivity index (χ1v) is 9.64. The fraction of sp³-hybridized carbons (Fsp3) is 0.136. The molecule has 0 aliphatic heterocycles. The summed E-state index contributed by atoms with van der Waals surface area (Å²) in [7, 11) is 1.98. The third kappa shape index (κ3) is 5.36. The van der Waals surface area contributed by atoms with Crippen LogP contribution in [-0.4, -0.2) is 18.3 Å². The number of benzene rings is 3. The minimum absolute atomic E-state index is 0.122. The van der Waals surface area contributed by atoms with Crippen LogP contribution in [-0.2, 0) is 0 Å². The molecular formula is C22H23N5OS. The molecule has 0 aromatic heterocycles. The molecule has 0 aliphatic rings. The number of anilines is 3. The zero-order chi connectivity index (χ0) is 20.8. The zero-order valence-electron chi connectivity index (χ0n) is 16.3. The lowest BCUT2D eigenvalue weighted by atomic mass is 10.2. The maximum Gasteiger partial charge on any atom is 0.255 e. The maximum absolute atomic E-state index is 12.4. The Morgan fingerprint density at radius 3 is 2.07 bits per heavy atom. The van der Waals surface area contributed by atoms with Gasteiger partial charge in [-0.3, -0.25) is 4.79 Å². The Balaban J connectivity index is 1.64. The van der Waals surface area contributed by atoms with Gasteiger partial charge in [-0.15, -0.1) is 0 Å². The van der Waals surface area contributed by atoms with E-state index in [1.165, 1.54) is 0 Å². The van der Waals surface area contributed by atoms with Crippen molar-refractivity contribution >= 4 is 47.0 Å². The molecule has 0 saturated carbocycles. The molecule has 1 atom stereocenters. The van der Waals surface area contributed by atoms with E-state index in [0.29, 0.717) is 22.6 Å². The second-order valence-electron chi connectivity index (χ2n) is 6.55. The van der Waals surface area contributed by atoms with E-state index in [9.17, 15) is 4.79 Å². The minimum atomic E-state index is -0.232. The van der Waals surface area contributed by atoms with E-state index < -0.39 is 0 Å². The van der Waals surface area contributed by atoms with E-state index in [1.54, 1.807) is 36.4 Å². The molecule has 29 heavy (non-hydrogen) atoms. The van der Waals surface area contributed by atoms with Gasteiger partial charge in [0.1, 0.15) is 0 Å². The van der Waals surface area contributed by atoms with Gasteiger partial charge in [-0.25, -0.2) is 0 Å². The predicted molar refractivity (Wildman–Crippen MR) is 123 cm³/mol. The summed E-state index contributed by atoms with van der Waals surface area (Å²) in [4.78, 5) is 14.4. The van der Waals surface area contributed by atoms with Crippen molar-refractivity contribution in [2.45, 2.75) is 12.3 Å². The third-order valence-corrected chi connectivity index (χ3v) is 4.78. The quantitative estimate of drug-likeness (QED) is 0.214. The molecule has 0 saturated heterocycles. The number of amides is 1. The summed E-state index contributed by atoms with van der Waals surface area (Å²) < 4.78 is 0. The normalized spacial score (nSPS) is 12.0. The van der Waals surface area contributed by atoms with Crippen LogP contribution in [0.5, 0.6) is 0 Å². The molecule has 3 rings (SSSR count). The van der Waals surface area contributed by atoms with E-state index in [1.807, 2.05) is 50.4 Å². The number of nitrogen functional groups attached to an aromatic ring is 1. The topological polar surface area (TPSA) is 83.1 Å². The smallest absolute Gasteiger partial charge is 0.255 e. The summed E-state index contributed by atoms with van der Waals surface area (Å²) in [5.41, 5.74) is 9.94. The molecule has 0 heterocycles. The minimum Gasteiger partial charge on any atom is -0.397 e. The lowest BCUT2D eigenvalue weighted by molar-refractivity contribution is 0.102. The Hall–Kier alpha value is -3.32. The molecule has 0 fully saturated rings. The van der Waals surface area contributed by atoms with E-state index in [4.69, 9.17) is 5.73 Å². The van der Waals surface area contributed by atoms with Crippen molar-refractivity contribution in [1.82, 2.24) is 0 Å². The van der Waals surface area contributed by atoms with Crippen LogP contribution in [0.15, 0.2) is 83.0 Å². The van der Waals surface area contributed by atoms with Crippen LogP contribution < -0.4 is 16.0 Å². The van der Waals surface area contributed by atoms with Gasteiger partial charge in [0.15, 0.2) is 0 Å². The number of carbonyl (C=O) groups is 1. The Morgan fingerprint density at radius 1 is 0.966 bits per heavy atom. The van der Waals surface area contributed by atoms with Gasteiger partial charge in [0.05, 0.1) is 28.1 Å². The number of hydrogen-bond donors (Lipinski definition) is 3. The fourth-order valence-corrected chi connectivity index (χ4v) is 2.70. The number of nitrogens with two attached hydrogens (primary N) is 1. The zero-order valence-corrected chi connectivity index (χ0v) is 17.2. The molecule has 7 heteroatoms. The fourth-order valence-electron chi connectivity index (χ4n) is 2.57. The SMILES string of the molecule is CC(S)N(C)c1ccc(/N=N/c2ccc(C(=O)Nc3ccccc3N)cc2)cc1. The largest absolute Gasteiger partial charge is 0.397 e. The van der Waals surface area contributed by atoms with Gasteiger partial charge in [-0.05, 0) is 67.6 Å². The lowest BCUT2D eigenvalue weighted by Gasteiger charge is -2.22. The summed E-state index contributed by atoms with van der Waals surface area (Å²) in [6.07, 6.45) is 0. The molecule has 1 unspecified atom stereocenters. The highest BCUT2D eigenvalue weighted by Crippen LogP contribution is 2.24. The first-order valence-electron chi connectivity index (χ1n) is 9.12. The molecule has 3 N–H and O–H groups in total.